The number of amides is 1. The molecule has 3 N–H and O–H groups in total. The third-order valence-corrected chi connectivity index (χ3v) is 7.21. The van der Waals surface area contributed by atoms with Crippen LogP contribution in [0.2, 0.25) is 5.02 Å². The first-order valence-corrected chi connectivity index (χ1v) is 11.9. The first-order chi connectivity index (χ1) is 16.1. The summed E-state index contributed by atoms with van der Waals surface area (Å²) in [5.74, 6) is 2.41. The first kappa shape index (κ1) is 24.7. The molecule has 0 spiro atoms. The van der Waals surface area contributed by atoms with Gasteiger partial charge in [0.2, 0.25) is 0 Å². The lowest BCUT2D eigenvalue weighted by Gasteiger charge is -2.49. The number of thiazole rings is 1. The van der Waals surface area contributed by atoms with Crippen LogP contribution in [0.1, 0.15) is 52.4 Å². The molecule has 1 amide bonds. The van der Waals surface area contributed by atoms with Crippen LogP contribution in [0, 0.1) is 17.6 Å². The van der Waals surface area contributed by atoms with E-state index in [0.717, 1.165) is 11.6 Å². The number of carbonyl (C=O) groups excluding carboxylic acids is 1. The summed E-state index contributed by atoms with van der Waals surface area (Å²) in [5.41, 5.74) is 1.79. The van der Waals surface area contributed by atoms with Crippen molar-refractivity contribution < 1.29 is 18.0 Å². The molecule has 1 saturated heterocycles. The molecule has 0 bridgehead atoms. The highest BCUT2D eigenvalue weighted by Gasteiger charge is 2.46. The topological polar surface area (TPSA) is 71.2 Å². The predicted molar refractivity (Wildman–Crippen MR) is 126 cm³/mol. The van der Waals surface area contributed by atoms with E-state index >= 15 is 4.39 Å². The van der Waals surface area contributed by atoms with Gasteiger partial charge in [-0.25, -0.2) is 24.0 Å². The molecule has 2 heterocycles. The Balaban J connectivity index is 1.63. The van der Waals surface area contributed by atoms with Crippen molar-refractivity contribution in [2.24, 2.45) is 11.8 Å². The van der Waals surface area contributed by atoms with E-state index in [9.17, 15) is 13.6 Å². The Morgan fingerprint density at radius 3 is 2.35 bits per heavy atom. The third kappa shape index (κ3) is 5.12. The van der Waals surface area contributed by atoms with Crippen LogP contribution < -0.4 is 11.3 Å². The summed E-state index contributed by atoms with van der Waals surface area (Å²) in [6.45, 7) is 3.81. The van der Waals surface area contributed by atoms with E-state index in [4.69, 9.17) is 17.4 Å². The van der Waals surface area contributed by atoms with Gasteiger partial charge in [0.15, 0.2) is 0 Å². The molecule has 3 aromatic rings. The number of alkyl halides is 1. The lowest BCUT2D eigenvalue weighted by atomic mass is 9.72. The van der Waals surface area contributed by atoms with Gasteiger partial charge in [-0.3, -0.25) is 15.1 Å². The molecule has 0 unspecified atom stereocenters. The zero-order chi connectivity index (χ0) is 24.6. The average Bonchev–Trinajstić information content (AvgIpc) is 3.21. The number of rotatable bonds is 7. The molecule has 180 valence electrons. The van der Waals surface area contributed by atoms with Gasteiger partial charge in [0.25, 0.3) is 5.91 Å². The van der Waals surface area contributed by atoms with E-state index in [1.54, 1.807) is 17.5 Å². The molecule has 1 aliphatic rings. The van der Waals surface area contributed by atoms with Crippen LogP contribution in [-0.4, -0.2) is 34.5 Å². The summed E-state index contributed by atoms with van der Waals surface area (Å²) >= 11 is 7.38. The van der Waals surface area contributed by atoms with Crippen LogP contribution in [-0.2, 0) is 0 Å². The highest BCUT2D eigenvalue weighted by atomic mass is 35.5. The van der Waals surface area contributed by atoms with Crippen molar-refractivity contribution >= 4 is 28.8 Å². The number of nitrogens with zero attached hydrogens (tertiary/aromatic N) is 2. The fourth-order valence-corrected chi connectivity index (χ4v) is 5.78. The number of nitrogens with two attached hydrogens (primary N) is 1. The second-order valence-corrected chi connectivity index (χ2v) is 10.3. The number of hydrogen-bond donors (Lipinski definition) is 2. The van der Waals surface area contributed by atoms with E-state index in [1.165, 1.54) is 37.3 Å². The summed E-state index contributed by atoms with van der Waals surface area (Å²) in [7, 11) is 0. The number of hydrazine groups is 1. The largest absolute Gasteiger partial charge is 0.290 e. The Morgan fingerprint density at radius 1 is 1.18 bits per heavy atom. The van der Waals surface area contributed by atoms with Crippen molar-refractivity contribution in [3.63, 3.8) is 0 Å². The molecule has 2 atom stereocenters. The van der Waals surface area contributed by atoms with E-state index in [-0.39, 0.29) is 17.7 Å². The number of halogens is 4. The number of aromatic nitrogens is 1. The molecule has 1 aromatic heterocycles. The van der Waals surface area contributed by atoms with Crippen LogP contribution in [0.25, 0.3) is 0 Å². The minimum Gasteiger partial charge on any atom is -0.290 e. The van der Waals surface area contributed by atoms with Crippen LogP contribution in [0.15, 0.2) is 47.8 Å². The van der Waals surface area contributed by atoms with Gasteiger partial charge in [0, 0.05) is 35.5 Å². The van der Waals surface area contributed by atoms with Crippen LogP contribution in [0.4, 0.5) is 13.2 Å². The molecular formula is C24H24ClF3N4OS. The van der Waals surface area contributed by atoms with Gasteiger partial charge >= 0.3 is 0 Å². The molecule has 1 aliphatic heterocycles. The number of nitrogens with one attached hydrogen (secondary N) is 1. The van der Waals surface area contributed by atoms with E-state index < -0.39 is 29.1 Å². The summed E-state index contributed by atoms with van der Waals surface area (Å²) in [5, 5.41) is 2.88. The number of nitrogen functional groups attached to an aromatic ring is 1. The Hall–Kier alpha value is -2.46. The van der Waals surface area contributed by atoms with Crippen molar-refractivity contribution in [1.29, 1.82) is 0 Å². The molecule has 1 fully saturated rings. The van der Waals surface area contributed by atoms with Crippen molar-refractivity contribution in [1.82, 2.24) is 15.3 Å². The maximum absolute atomic E-state index is 15.3. The second-order valence-electron chi connectivity index (χ2n) is 8.96. The van der Waals surface area contributed by atoms with E-state index in [0.29, 0.717) is 28.7 Å². The highest BCUT2D eigenvalue weighted by Crippen LogP contribution is 2.46. The number of hydrogen-bond acceptors (Lipinski definition) is 5. The fourth-order valence-electron chi connectivity index (χ4n) is 4.70. The molecule has 0 saturated carbocycles. The quantitative estimate of drug-likeness (QED) is 0.260. The van der Waals surface area contributed by atoms with Crippen LogP contribution in [0.3, 0.4) is 0 Å². The third-order valence-electron chi connectivity index (χ3n) is 6.06. The molecular weight excluding hydrogens is 485 g/mol. The van der Waals surface area contributed by atoms with Crippen molar-refractivity contribution in [3.05, 3.63) is 86.3 Å². The molecule has 5 nitrogen and oxygen atoms in total. The van der Waals surface area contributed by atoms with Crippen molar-refractivity contribution in [3.8, 4) is 0 Å². The van der Waals surface area contributed by atoms with E-state index in [2.05, 4.69) is 15.3 Å². The van der Waals surface area contributed by atoms with Crippen molar-refractivity contribution in [2.75, 3.05) is 13.1 Å². The van der Waals surface area contributed by atoms with Gasteiger partial charge in [0.1, 0.15) is 28.0 Å². The molecule has 2 aromatic carbocycles. The van der Waals surface area contributed by atoms with Gasteiger partial charge in [-0.15, -0.1) is 11.3 Å². The van der Waals surface area contributed by atoms with Crippen molar-refractivity contribution in [2.45, 2.75) is 31.5 Å². The molecule has 10 heteroatoms. The highest BCUT2D eigenvalue weighted by molar-refractivity contribution is 7.10. The number of carbonyl (C=O) groups is 1. The smallest absolute Gasteiger partial charge is 0.284 e. The zero-order valence-electron chi connectivity index (χ0n) is 18.6. The SMILES string of the molecule is CC(C)(F)[C@H](c1cc(F)cc(F)c1)C1CN([C@H](c2ccc(Cl)cc2)c2nc(C(=O)NN)cs2)C1. The molecule has 4 rings (SSSR count). The predicted octanol–water partition coefficient (Wildman–Crippen LogP) is 5.23. The van der Waals surface area contributed by atoms with Gasteiger partial charge in [-0.2, -0.15) is 0 Å². The first-order valence-electron chi connectivity index (χ1n) is 10.7. The summed E-state index contributed by atoms with van der Waals surface area (Å²) < 4.78 is 43.1. The summed E-state index contributed by atoms with van der Waals surface area (Å²) in [4.78, 5) is 18.5. The molecule has 34 heavy (non-hydrogen) atoms. The Morgan fingerprint density at radius 2 is 1.79 bits per heavy atom. The van der Waals surface area contributed by atoms with Crippen LogP contribution in [0.5, 0.6) is 0 Å². The lowest BCUT2D eigenvalue weighted by Crippen LogP contribution is -2.53. The summed E-state index contributed by atoms with van der Waals surface area (Å²) in [6, 6.07) is 10.2. The van der Waals surface area contributed by atoms with Gasteiger partial charge in [-0.1, -0.05) is 23.7 Å². The monoisotopic (exact) mass is 508 g/mol. The fraction of sp³-hybridized carbons (Fsp3) is 0.333. The molecule has 0 aliphatic carbocycles. The average molecular weight is 509 g/mol. The van der Waals surface area contributed by atoms with Gasteiger partial charge in [-0.05, 0) is 55.2 Å². The number of likely N-dealkylation sites (tertiary alicyclic amines) is 1. The van der Waals surface area contributed by atoms with Gasteiger partial charge < -0.3 is 0 Å². The minimum atomic E-state index is -1.69. The molecule has 0 radical (unpaired) electrons. The Bertz CT molecular complexity index is 1160. The second kappa shape index (κ2) is 9.65. The number of benzene rings is 2. The maximum atomic E-state index is 15.3. The Labute approximate surface area is 204 Å². The standard InChI is InChI=1S/C24H24ClF3N4OS/c1-24(2,28)20(14-7-17(26)9-18(27)8-14)15-10-32(11-15)21(13-3-5-16(25)6-4-13)23-30-19(12-34-23)22(33)31-29/h3-9,12,15,20-21H,10-11,29H2,1-2H3,(H,31,33)/t20-,21-/m1/s1. The van der Waals surface area contributed by atoms with Gasteiger partial charge in [0.05, 0.1) is 6.04 Å². The lowest BCUT2D eigenvalue weighted by molar-refractivity contribution is 0.00797. The van der Waals surface area contributed by atoms with E-state index in [1.807, 2.05) is 12.1 Å². The maximum Gasteiger partial charge on any atom is 0.284 e. The minimum absolute atomic E-state index is 0.178. The Kier molecular flexibility index (Phi) is 7.00. The normalized spacial score (nSPS) is 16.7. The summed E-state index contributed by atoms with van der Waals surface area (Å²) in [6.07, 6.45) is 0. The van der Waals surface area contributed by atoms with Crippen LogP contribution >= 0.6 is 22.9 Å². The zero-order valence-corrected chi connectivity index (χ0v) is 20.1.